The Morgan fingerprint density at radius 3 is 1.28 bits per heavy atom. The van der Waals surface area contributed by atoms with E-state index in [9.17, 15) is 34.5 Å². The summed E-state index contributed by atoms with van der Waals surface area (Å²) >= 11 is 0. The molecular weight excluding hydrogens is 949 g/mol. The Bertz CT molecular complexity index is 1670. The normalized spacial score (nSPS) is 18.9. The Morgan fingerprint density at radius 2 is 0.840 bits per heavy atom. The van der Waals surface area contributed by atoms with Gasteiger partial charge in [-0.1, -0.05) is 208 Å². The zero-order chi connectivity index (χ0) is 54.7. The van der Waals surface area contributed by atoms with E-state index in [2.05, 4.69) is 118 Å². The van der Waals surface area contributed by atoms with E-state index in [-0.39, 0.29) is 25.9 Å². The van der Waals surface area contributed by atoms with Crippen LogP contribution in [-0.2, 0) is 42.9 Å². The number of carbonyl (C=O) groups is 4. The number of allylic oxidation sites excluding steroid dienone is 16. The molecule has 0 aromatic heterocycles. The van der Waals surface area contributed by atoms with E-state index in [0.717, 1.165) is 128 Å². The number of carboxylic acids is 1. The lowest BCUT2D eigenvalue weighted by Gasteiger charge is -2.40. The van der Waals surface area contributed by atoms with Gasteiger partial charge in [-0.25, -0.2) is 4.79 Å². The predicted octanol–water partition coefficient (Wildman–Crippen LogP) is 14.9. The average Bonchev–Trinajstić information content (AvgIpc) is 3.39. The second-order valence-corrected chi connectivity index (χ2v) is 19.5. The van der Waals surface area contributed by atoms with E-state index in [1.807, 2.05) is 0 Å². The van der Waals surface area contributed by atoms with Crippen LogP contribution < -0.4 is 0 Å². The number of rotatable bonds is 48. The van der Waals surface area contributed by atoms with Crippen molar-refractivity contribution < 1.29 is 58.2 Å². The summed E-state index contributed by atoms with van der Waals surface area (Å²) in [4.78, 5) is 51.1. The van der Waals surface area contributed by atoms with Crippen molar-refractivity contribution in [2.45, 2.75) is 263 Å². The third-order valence-corrected chi connectivity index (χ3v) is 12.7. The third-order valence-electron chi connectivity index (χ3n) is 12.7. The van der Waals surface area contributed by atoms with Crippen LogP contribution in [0.1, 0.15) is 226 Å². The quantitative estimate of drug-likeness (QED) is 0.0228. The van der Waals surface area contributed by atoms with Crippen LogP contribution in [0.25, 0.3) is 0 Å². The SMILES string of the molecule is CC/C=C\C/C=C\C/C=C\C/C=C\CCCCCCC(=O)OCC(COC1OC(C(=O)O)C(O)C(O)C1OC(=O)CCCCCCCCCCCCC)OC(=O)CCCCCC/C=C\C/C=C\C/C=C\C/C=C\CC. The zero-order valence-corrected chi connectivity index (χ0v) is 46.8. The first-order valence-electron chi connectivity index (χ1n) is 29.2. The molecule has 3 N–H and O–H groups in total. The Labute approximate surface area is 453 Å². The molecule has 0 aliphatic carbocycles. The van der Waals surface area contributed by atoms with Crippen molar-refractivity contribution in [1.82, 2.24) is 0 Å². The number of carboxylic acid groups (broad SMARTS) is 1. The van der Waals surface area contributed by atoms with Crippen molar-refractivity contribution in [3.05, 3.63) is 97.2 Å². The molecule has 75 heavy (non-hydrogen) atoms. The van der Waals surface area contributed by atoms with Gasteiger partial charge in [0.05, 0.1) is 6.61 Å². The molecule has 0 spiro atoms. The van der Waals surface area contributed by atoms with E-state index in [4.69, 9.17) is 23.7 Å². The van der Waals surface area contributed by atoms with Gasteiger partial charge in [-0.3, -0.25) is 14.4 Å². The molecule has 0 aromatic rings. The van der Waals surface area contributed by atoms with Crippen LogP contribution in [0.3, 0.4) is 0 Å². The molecule has 1 fully saturated rings. The predicted molar refractivity (Wildman–Crippen MR) is 303 cm³/mol. The van der Waals surface area contributed by atoms with E-state index < -0.39 is 67.3 Å². The molecule has 1 aliphatic rings. The Balaban J connectivity index is 2.73. The standard InChI is InChI=1S/C63H102O12/c1-4-7-10-13-16-19-22-24-26-28-30-32-35-37-40-43-46-49-55(64)71-52-54(73-56(65)50-47-44-41-39-36-33-31-29-27-25-23-20-17-14-11-8-5-2)53-72-63-61(59(68)58(67)60(75-63)62(69)70)74-57(66)51-48-45-42-38-34-21-18-15-12-9-6-3/h7-8,10-11,16-17,19-20,24-27,30-33,54,58-61,63,67-68H,4-6,9,12-15,18,21-23,28-29,34-53H2,1-3H3,(H,69,70)/b10-7-,11-8-,19-16-,20-17-,26-24-,27-25-,32-30-,33-31-. The molecule has 0 amide bonds. The lowest BCUT2D eigenvalue weighted by Crippen LogP contribution is -2.61. The summed E-state index contributed by atoms with van der Waals surface area (Å²) in [5, 5.41) is 31.4. The van der Waals surface area contributed by atoms with E-state index in [1.54, 1.807) is 0 Å². The summed E-state index contributed by atoms with van der Waals surface area (Å²) in [5.74, 6) is -3.19. The molecule has 1 aliphatic heterocycles. The molecule has 6 atom stereocenters. The first-order valence-corrected chi connectivity index (χ1v) is 29.2. The molecule has 12 heteroatoms. The second kappa shape index (κ2) is 50.5. The Kier molecular flexibility index (Phi) is 46.2. The summed E-state index contributed by atoms with van der Waals surface area (Å²) in [5.41, 5.74) is 0. The van der Waals surface area contributed by atoms with Crippen molar-refractivity contribution in [2.24, 2.45) is 0 Å². The number of esters is 3. The second-order valence-electron chi connectivity index (χ2n) is 19.5. The van der Waals surface area contributed by atoms with E-state index in [1.165, 1.54) is 38.5 Å². The van der Waals surface area contributed by atoms with Crippen molar-refractivity contribution in [1.29, 1.82) is 0 Å². The number of aliphatic carboxylic acids is 1. The summed E-state index contributed by atoms with van der Waals surface area (Å²) in [7, 11) is 0. The van der Waals surface area contributed by atoms with Gasteiger partial charge in [0, 0.05) is 19.3 Å². The van der Waals surface area contributed by atoms with Crippen LogP contribution in [0.15, 0.2) is 97.2 Å². The number of aliphatic hydroxyl groups excluding tert-OH is 2. The third kappa shape index (κ3) is 40.6. The number of hydrogen-bond acceptors (Lipinski definition) is 11. The van der Waals surface area contributed by atoms with Crippen LogP contribution in [0.4, 0.5) is 0 Å². The highest BCUT2D eigenvalue weighted by molar-refractivity contribution is 5.74. The number of aliphatic hydroxyl groups is 2. The van der Waals surface area contributed by atoms with Gasteiger partial charge < -0.3 is 39.0 Å². The van der Waals surface area contributed by atoms with E-state index >= 15 is 0 Å². The van der Waals surface area contributed by atoms with Crippen LogP contribution in [0.2, 0.25) is 0 Å². The molecule has 0 saturated carbocycles. The van der Waals surface area contributed by atoms with Gasteiger partial charge in [0.25, 0.3) is 0 Å². The van der Waals surface area contributed by atoms with Crippen molar-refractivity contribution in [2.75, 3.05) is 13.2 Å². The van der Waals surface area contributed by atoms with Crippen molar-refractivity contribution in [3.63, 3.8) is 0 Å². The summed E-state index contributed by atoms with van der Waals surface area (Å²) < 4.78 is 28.4. The lowest BCUT2D eigenvalue weighted by molar-refractivity contribution is -0.301. The number of hydrogen-bond donors (Lipinski definition) is 3. The maximum absolute atomic E-state index is 13.1. The molecule has 0 aromatic carbocycles. The number of carbonyl (C=O) groups excluding carboxylic acids is 3. The first kappa shape index (κ1) is 68.7. The summed E-state index contributed by atoms with van der Waals surface area (Å²) in [6, 6.07) is 0. The molecular formula is C63H102O12. The molecule has 12 nitrogen and oxygen atoms in total. The maximum Gasteiger partial charge on any atom is 0.335 e. The minimum Gasteiger partial charge on any atom is -0.479 e. The number of unbranched alkanes of at least 4 members (excludes halogenated alkanes) is 18. The van der Waals surface area contributed by atoms with Gasteiger partial charge in [0.2, 0.25) is 0 Å². The summed E-state index contributed by atoms with van der Waals surface area (Å²) in [6.45, 7) is 5.70. The van der Waals surface area contributed by atoms with Gasteiger partial charge in [0.1, 0.15) is 18.8 Å². The molecule has 1 heterocycles. The highest BCUT2D eigenvalue weighted by atomic mass is 16.7. The molecule has 426 valence electrons. The fraction of sp³-hybridized carbons (Fsp3) is 0.683. The van der Waals surface area contributed by atoms with Crippen molar-refractivity contribution >= 4 is 23.9 Å². The minimum atomic E-state index is -1.91. The molecule has 1 saturated heterocycles. The van der Waals surface area contributed by atoms with Gasteiger partial charge >= 0.3 is 23.9 Å². The highest BCUT2D eigenvalue weighted by Crippen LogP contribution is 2.26. The maximum atomic E-state index is 13.1. The molecule has 0 bridgehead atoms. The average molecular weight is 1050 g/mol. The fourth-order valence-corrected chi connectivity index (χ4v) is 8.23. The van der Waals surface area contributed by atoms with Crippen LogP contribution in [-0.4, -0.2) is 89.2 Å². The lowest BCUT2D eigenvalue weighted by atomic mass is 9.98. The molecule has 1 rings (SSSR count). The monoisotopic (exact) mass is 1050 g/mol. The molecule has 6 unspecified atom stereocenters. The van der Waals surface area contributed by atoms with Crippen LogP contribution >= 0.6 is 0 Å². The largest absolute Gasteiger partial charge is 0.479 e. The number of ether oxygens (including phenoxy) is 5. The van der Waals surface area contributed by atoms with Gasteiger partial charge in [-0.2, -0.15) is 0 Å². The fourth-order valence-electron chi connectivity index (χ4n) is 8.23. The Morgan fingerprint density at radius 1 is 0.453 bits per heavy atom. The zero-order valence-electron chi connectivity index (χ0n) is 46.8. The first-order chi connectivity index (χ1) is 36.6. The summed E-state index contributed by atoms with van der Waals surface area (Å²) in [6.07, 6.45) is 53.8. The van der Waals surface area contributed by atoms with Gasteiger partial charge in [-0.05, 0) is 96.3 Å². The van der Waals surface area contributed by atoms with Gasteiger partial charge in [0.15, 0.2) is 24.6 Å². The van der Waals surface area contributed by atoms with Crippen molar-refractivity contribution in [3.8, 4) is 0 Å². The van der Waals surface area contributed by atoms with Crippen LogP contribution in [0.5, 0.6) is 0 Å². The topological polar surface area (TPSA) is 175 Å². The van der Waals surface area contributed by atoms with Crippen LogP contribution in [0, 0.1) is 0 Å². The van der Waals surface area contributed by atoms with E-state index in [0.29, 0.717) is 19.3 Å². The minimum absolute atomic E-state index is 0.0529. The van der Waals surface area contributed by atoms with Gasteiger partial charge in [-0.15, -0.1) is 0 Å². The highest BCUT2D eigenvalue weighted by Gasteiger charge is 2.50. The molecule has 0 radical (unpaired) electrons. The Hall–Kier alpha value is -4.36. The smallest absolute Gasteiger partial charge is 0.335 e.